The van der Waals surface area contributed by atoms with Crippen molar-refractivity contribution in [3.8, 4) is 0 Å². The van der Waals surface area contributed by atoms with Gasteiger partial charge in [0.1, 0.15) is 0 Å². The van der Waals surface area contributed by atoms with Gasteiger partial charge in [0.05, 0.1) is 0 Å². The van der Waals surface area contributed by atoms with Gasteiger partial charge in [-0.15, -0.1) is 0 Å². The van der Waals surface area contributed by atoms with Crippen molar-refractivity contribution in [2.45, 2.75) is 92.9 Å². The van der Waals surface area contributed by atoms with E-state index in [-0.39, 0.29) is 0 Å². The van der Waals surface area contributed by atoms with E-state index in [0.29, 0.717) is 10.8 Å². The predicted octanol–water partition coefficient (Wildman–Crippen LogP) is 6.20. The Morgan fingerprint density at radius 2 is 1.06 bits per heavy atom. The molecule has 0 amide bonds. The lowest BCUT2D eigenvalue weighted by molar-refractivity contribution is 0.115. The molecule has 0 radical (unpaired) electrons. The van der Waals surface area contributed by atoms with Gasteiger partial charge in [0.2, 0.25) is 0 Å². The van der Waals surface area contributed by atoms with E-state index in [4.69, 9.17) is 0 Å². The fourth-order valence-corrected chi connectivity index (χ4v) is 1.90. The van der Waals surface area contributed by atoms with Crippen LogP contribution < -0.4 is 0 Å². The number of unbranched alkanes of at least 4 members (excludes halogenated alkanes) is 6. The summed E-state index contributed by atoms with van der Waals surface area (Å²) in [5.74, 6) is 0. The van der Waals surface area contributed by atoms with Crippen LogP contribution in [0.25, 0.3) is 0 Å². The highest BCUT2D eigenvalue weighted by Crippen LogP contribution is 2.41. The summed E-state index contributed by atoms with van der Waals surface area (Å²) in [6.07, 6.45) is 11.3. The first-order valence-corrected chi connectivity index (χ1v) is 7.31. The van der Waals surface area contributed by atoms with Gasteiger partial charge in [0.25, 0.3) is 0 Å². The summed E-state index contributed by atoms with van der Waals surface area (Å²) in [6, 6.07) is 0. The zero-order valence-electron chi connectivity index (χ0n) is 12.7. The van der Waals surface area contributed by atoms with Crippen LogP contribution in [0.15, 0.2) is 0 Å². The molecule has 0 atom stereocenters. The minimum Gasteiger partial charge on any atom is -0.0654 e. The van der Waals surface area contributed by atoms with Crippen LogP contribution in [-0.4, -0.2) is 0 Å². The van der Waals surface area contributed by atoms with Crippen molar-refractivity contribution in [3.05, 3.63) is 0 Å². The molecule has 0 N–H and O–H groups in total. The maximum absolute atomic E-state index is 2.42. The van der Waals surface area contributed by atoms with Crippen molar-refractivity contribution in [2.24, 2.45) is 10.8 Å². The molecule has 0 saturated heterocycles. The summed E-state index contributed by atoms with van der Waals surface area (Å²) >= 11 is 0. The van der Waals surface area contributed by atoms with Crippen molar-refractivity contribution in [1.29, 1.82) is 0 Å². The van der Waals surface area contributed by atoms with Crippen LogP contribution >= 0.6 is 0 Å². The van der Waals surface area contributed by atoms with Gasteiger partial charge in [0, 0.05) is 0 Å². The Labute approximate surface area is 104 Å². The first-order chi connectivity index (χ1) is 7.31. The second-order valence-corrected chi connectivity index (χ2v) is 7.01. The molecule has 0 rings (SSSR count). The van der Waals surface area contributed by atoms with E-state index in [0.717, 1.165) is 0 Å². The lowest BCUT2D eigenvalue weighted by Crippen LogP contribution is -2.29. The first-order valence-electron chi connectivity index (χ1n) is 7.31. The van der Waals surface area contributed by atoms with Gasteiger partial charge in [-0.1, -0.05) is 86.5 Å². The lowest BCUT2D eigenvalue weighted by Gasteiger charge is -2.39. The molecule has 98 valence electrons. The van der Waals surface area contributed by atoms with Gasteiger partial charge < -0.3 is 0 Å². The monoisotopic (exact) mass is 226 g/mol. The Balaban J connectivity index is 3.51. The van der Waals surface area contributed by atoms with Crippen molar-refractivity contribution >= 4 is 0 Å². The summed E-state index contributed by atoms with van der Waals surface area (Å²) in [5, 5.41) is 0. The standard InChI is InChI=1S/C16H34/c1-7-8-9-10-11-12-13-14-16(5,6)15(2,3)4/h7-14H2,1-6H3. The molecular formula is C16H34. The minimum atomic E-state index is 0.440. The van der Waals surface area contributed by atoms with Crippen molar-refractivity contribution in [2.75, 3.05) is 0 Å². The summed E-state index contributed by atoms with van der Waals surface area (Å²) in [6.45, 7) is 14.2. The number of hydrogen-bond acceptors (Lipinski definition) is 0. The highest BCUT2D eigenvalue weighted by molar-refractivity contribution is 4.81. The molecule has 0 spiro atoms. The Hall–Kier alpha value is 0. The van der Waals surface area contributed by atoms with Crippen LogP contribution in [0.4, 0.5) is 0 Å². The molecule has 0 aromatic rings. The molecule has 0 heteroatoms. The summed E-state index contributed by atoms with van der Waals surface area (Å²) in [4.78, 5) is 0. The lowest BCUT2D eigenvalue weighted by atomic mass is 9.67. The molecule has 0 aromatic heterocycles. The van der Waals surface area contributed by atoms with Crippen LogP contribution in [0.5, 0.6) is 0 Å². The minimum absolute atomic E-state index is 0.440. The Morgan fingerprint density at radius 3 is 1.50 bits per heavy atom. The molecule has 0 aliphatic rings. The Morgan fingerprint density at radius 1 is 0.625 bits per heavy atom. The normalized spacial score (nSPS) is 13.1. The van der Waals surface area contributed by atoms with E-state index < -0.39 is 0 Å². The van der Waals surface area contributed by atoms with E-state index in [2.05, 4.69) is 41.5 Å². The van der Waals surface area contributed by atoms with Crippen LogP contribution in [0.1, 0.15) is 92.9 Å². The van der Waals surface area contributed by atoms with Crippen LogP contribution in [0.3, 0.4) is 0 Å². The predicted molar refractivity (Wildman–Crippen MR) is 75.8 cm³/mol. The largest absolute Gasteiger partial charge is 0.0654 e. The quantitative estimate of drug-likeness (QED) is 0.432. The molecule has 0 aliphatic carbocycles. The van der Waals surface area contributed by atoms with Crippen molar-refractivity contribution in [3.63, 3.8) is 0 Å². The molecule has 0 nitrogen and oxygen atoms in total. The molecular weight excluding hydrogens is 192 g/mol. The SMILES string of the molecule is CCCCCCCCCC(C)(C)C(C)(C)C. The Kier molecular flexibility index (Phi) is 7.35. The van der Waals surface area contributed by atoms with Gasteiger partial charge in [-0.05, 0) is 17.3 Å². The van der Waals surface area contributed by atoms with E-state index in [1.807, 2.05) is 0 Å². The van der Waals surface area contributed by atoms with Crippen LogP contribution in [0.2, 0.25) is 0 Å². The van der Waals surface area contributed by atoms with Crippen molar-refractivity contribution < 1.29 is 0 Å². The van der Waals surface area contributed by atoms with Gasteiger partial charge >= 0.3 is 0 Å². The van der Waals surface area contributed by atoms with Gasteiger partial charge in [-0.2, -0.15) is 0 Å². The first kappa shape index (κ1) is 16.0. The second-order valence-electron chi connectivity index (χ2n) is 7.01. The third-order valence-corrected chi connectivity index (χ3v) is 4.44. The maximum atomic E-state index is 2.42. The second kappa shape index (κ2) is 7.35. The molecule has 16 heavy (non-hydrogen) atoms. The van der Waals surface area contributed by atoms with Crippen molar-refractivity contribution in [1.82, 2.24) is 0 Å². The van der Waals surface area contributed by atoms with Gasteiger partial charge in [-0.25, -0.2) is 0 Å². The van der Waals surface area contributed by atoms with E-state index in [9.17, 15) is 0 Å². The Bertz CT molecular complexity index is 159. The molecule has 0 unspecified atom stereocenters. The highest BCUT2D eigenvalue weighted by atomic mass is 14.4. The zero-order chi connectivity index (χ0) is 12.7. The number of hydrogen-bond donors (Lipinski definition) is 0. The molecule has 0 heterocycles. The summed E-state index contributed by atoms with van der Waals surface area (Å²) in [5.41, 5.74) is 0.922. The van der Waals surface area contributed by atoms with Crippen LogP contribution in [-0.2, 0) is 0 Å². The smallest absolute Gasteiger partial charge is 0.0306 e. The molecule has 0 saturated carbocycles. The summed E-state index contributed by atoms with van der Waals surface area (Å²) < 4.78 is 0. The third-order valence-electron chi connectivity index (χ3n) is 4.44. The number of rotatable bonds is 8. The van der Waals surface area contributed by atoms with Crippen LogP contribution in [0, 0.1) is 10.8 Å². The average Bonchev–Trinajstić information content (AvgIpc) is 2.14. The van der Waals surface area contributed by atoms with Gasteiger partial charge in [0.15, 0.2) is 0 Å². The fourth-order valence-electron chi connectivity index (χ4n) is 1.90. The third kappa shape index (κ3) is 6.55. The maximum Gasteiger partial charge on any atom is -0.0306 e. The molecule has 0 bridgehead atoms. The summed E-state index contributed by atoms with van der Waals surface area (Å²) in [7, 11) is 0. The zero-order valence-corrected chi connectivity index (χ0v) is 12.7. The highest BCUT2D eigenvalue weighted by Gasteiger charge is 2.31. The van der Waals surface area contributed by atoms with E-state index in [1.165, 1.54) is 51.4 Å². The molecule has 0 fully saturated rings. The molecule has 0 aromatic carbocycles. The van der Waals surface area contributed by atoms with E-state index in [1.54, 1.807) is 0 Å². The fraction of sp³-hybridized carbons (Fsp3) is 1.00. The average molecular weight is 226 g/mol. The topological polar surface area (TPSA) is 0 Å². The van der Waals surface area contributed by atoms with Gasteiger partial charge in [-0.3, -0.25) is 0 Å². The molecule has 0 aliphatic heterocycles. The van der Waals surface area contributed by atoms with E-state index >= 15 is 0 Å².